The van der Waals surface area contributed by atoms with Crippen molar-refractivity contribution in [3.05, 3.63) is 60.2 Å². The third-order valence-corrected chi connectivity index (χ3v) is 4.85. The molecule has 2 aromatic carbocycles. The number of carbonyl (C=O) groups is 1. The average Bonchev–Trinajstić information content (AvgIpc) is 2.56. The van der Waals surface area contributed by atoms with E-state index in [-0.39, 0.29) is 0 Å². The van der Waals surface area contributed by atoms with Gasteiger partial charge in [0.2, 0.25) is 0 Å². The summed E-state index contributed by atoms with van der Waals surface area (Å²) in [7, 11) is 0. The monoisotopic (exact) mass is 310 g/mol. The number of benzene rings is 2. The third-order valence-electron chi connectivity index (χ3n) is 4.85. The summed E-state index contributed by atoms with van der Waals surface area (Å²) >= 11 is 0. The Morgan fingerprint density at radius 1 is 0.870 bits per heavy atom. The molecular weight excluding hydrogens is 288 g/mol. The molecule has 3 rings (SSSR count). The van der Waals surface area contributed by atoms with Crippen molar-refractivity contribution in [2.45, 2.75) is 43.6 Å². The molecule has 0 spiro atoms. The molecule has 0 aliphatic heterocycles. The topological polar surface area (TPSA) is 57.5 Å². The molecule has 1 fully saturated rings. The minimum absolute atomic E-state index is 0.560. The van der Waals surface area contributed by atoms with E-state index in [1.54, 1.807) is 0 Å². The Balaban J connectivity index is 1.90. The van der Waals surface area contributed by atoms with E-state index in [0.717, 1.165) is 30.4 Å². The van der Waals surface area contributed by atoms with Crippen molar-refractivity contribution in [1.29, 1.82) is 0 Å². The smallest absolute Gasteiger partial charge is 0.313 e. The van der Waals surface area contributed by atoms with Gasteiger partial charge >= 0.3 is 5.97 Å². The Hall–Kier alpha value is -2.13. The zero-order chi connectivity index (χ0) is 16.3. The van der Waals surface area contributed by atoms with E-state index < -0.39 is 17.5 Å². The van der Waals surface area contributed by atoms with Crippen LogP contribution in [-0.4, -0.2) is 21.8 Å². The van der Waals surface area contributed by atoms with Crippen molar-refractivity contribution in [2.24, 2.45) is 0 Å². The van der Waals surface area contributed by atoms with Gasteiger partial charge in [0.25, 0.3) is 0 Å². The molecule has 3 heteroatoms. The molecule has 0 aromatic heterocycles. The molecule has 1 saturated carbocycles. The molecule has 23 heavy (non-hydrogen) atoms. The number of hydrogen-bond acceptors (Lipinski definition) is 2. The van der Waals surface area contributed by atoms with Gasteiger partial charge in [-0.25, -0.2) is 0 Å². The fraction of sp³-hybridized carbons (Fsp3) is 0.350. The molecule has 1 atom stereocenters. The highest BCUT2D eigenvalue weighted by molar-refractivity contribution is 5.78. The minimum atomic E-state index is -1.13. The highest BCUT2D eigenvalue weighted by Crippen LogP contribution is 2.40. The highest BCUT2D eigenvalue weighted by atomic mass is 16.4. The van der Waals surface area contributed by atoms with Crippen molar-refractivity contribution in [2.75, 3.05) is 0 Å². The van der Waals surface area contributed by atoms with Gasteiger partial charge in [-0.15, -0.1) is 0 Å². The second-order valence-electron chi connectivity index (χ2n) is 6.42. The molecule has 2 N–H and O–H groups in total. The summed E-state index contributed by atoms with van der Waals surface area (Å²) in [6.07, 6.45) is 3.97. The number of aliphatic hydroxyl groups is 1. The Morgan fingerprint density at radius 2 is 1.43 bits per heavy atom. The lowest BCUT2D eigenvalue weighted by molar-refractivity contribution is -0.147. The van der Waals surface area contributed by atoms with Crippen molar-refractivity contribution in [1.82, 2.24) is 0 Å². The first-order chi connectivity index (χ1) is 11.1. The molecule has 0 bridgehead atoms. The van der Waals surface area contributed by atoms with Crippen LogP contribution in [0, 0.1) is 0 Å². The van der Waals surface area contributed by atoms with Crippen LogP contribution >= 0.6 is 0 Å². The lowest BCUT2D eigenvalue weighted by Crippen LogP contribution is -2.42. The number of rotatable bonds is 4. The maximum atomic E-state index is 11.8. The number of aliphatic carboxylic acids is 1. The summed E-state index contributed by atoms with van der Waals surface area (Å²) in [5.41, 5.74) is 1.70. The Morgan fingerprint density at radius 3 is 2.00 bits per heavy atom. The first-order valence-electron chi connectivity index (χ1n) is 8.21. The summed E-state index contributed by atoms with van der Waals surface area (Å²) < 4.78 is 0. The van der Waals surface area contributed by atoms with E-state index in [2.05, 4.69) is 0 Å². The number of carboxylic acid groups (broad SMARTS) is 1. The molecule has 0 saturated heterocycles. The molecule has 120 valence electrons. The van der Waals surface area contributed by atoms with E-state index >= 15 is 0 Å². The number of carboxylic acids is 1. The minimum Gasteiger partial charge on any atom is -0.481 e. The molecule has 0 amide bonds. The summed E-state index contributed by atoms with van der Waals surface area (Å²) in [4.78, 5) is 11.8. The maximum absolute atomic E-state index is 11.8. The maximum Gasteiger partial charge on any atom is 0.313 e. The standard InChI is InChI=1S/C20H22O3/c21-19(22)18(20(23)13-5-2-6-14-20)17-11-9-16(10-12-17)15-7-3-1-4-8-15/h1,3-4,7-12,18,23H,2,5-6,13-14H2,(H,21,22)/t18-/m0/s1. The van der Waals surface area contributed by atoms with Gasteiger partial charge in [-0.05, 0) is 29.5 Å². The van der Waals surface area contributed by atoms with Crippen LogP contribution in [0.4, 0.5) is 0 Å². The summed E-state index contributed by atoms with van der Waals surface area (Å²) in [5, 5.41) is 20.5. The molecule has 1 aliphatic carbocycles. The fourth-order valence-electron chi connectivity index (χ4n) is 3.63. The van der Waals surface area contributed by atoms with Crippen LogP contribution in [0.2, 0.25) is 0 Å². The molecule has 3 nitrogen and oxygen atoms in total. The van der Waals surface area contributed by atoms with Crippen LogP contribution in [0.5, 0.6) is 0 Å². The zero-order valence-electron chi connectivity index (χ0n) is 13.1. The van der Waals surface area contributed by atoms with Gasteiger partial charge in [-0.1, -0.05) is 73.9 Å². The van der Waals surface area contributed by atoms with Crippen LogP contribution in [-0.2, 0) is 4.79 Å². The predicted octanol–water partition coefficient (Wildman–Crippen LogP) is 4.22. The van der Waals surface area contributed by atoms with Crippen LogP contribution in [0.25, 0.3) is 11.1 Å². The van der Waals surface area contributed by atoms with Gasteiger partial charge < -0.3 is 10.2 Å². The van der Waals surface area contributed by atoms with E-state index in [9.17, 15) is 15.0 Å². The second-order valence-corrected chi connectivity index (χ2v) is 6.42. The zero-order valence-corrected chi connectivity index (χ0v) is 13.1. The Labute approximate surface area is 136 Å². The van der Waals surface area contributed by atoms with Crippen LogP contribution in [0.1, 0.15) is 43.6 Å². The van der Waals surface area contributed by atoms with Crippen LogP contribution in [0.3, 0.4) is 0 Å². The van der Waals surface area contributed by atoms with Gasteiger partial charge in [0, 0.05) is 0 Å². The lowest BCUT2D eigenvalue weighted by atomic mass is 9.72. The van der Waals surface area contributed by atoms with Gasteiger partial charge in [0.1, 0.15) is 5.92 Å². The Bertz CT molecular complexity index is 655. The predicted molar refractivity (Wildman–Crippen MR) is 90.3 cm³/mol. The van der Waals surface area contributed by atoms with Gasteiger partial charge in [-0.3, -0.25) is 4.79 Å². The van der Waals surface area contributed by atoms with Gasteiger partial charge in [0.05, 0.1) is 5.60 Å². The average molecular weight is 310 g/mol. The molecule has 0 heterocycles. The SMILES string of the molecule is O=C(O)[C@H](c1ccc(-c2ccccc2)cc1)C1(O)CCCCC1. The fourth-order valence-corrected chi connectivity index (χ4v) is 3.63. The quantitative estimate of drug-likeness (QED) is 0.889. The van der Waals surface area contributed by atoms with Gasteiger partial charge in [-0.2, -0.15) is 0 Å². The van der Waals surface area contributed by atoms with Crippen molar-refractivity contribution < 1.29 is 15.0 Å². The van der Waals surface area contributed by atoms with Crippen molar-refractivity contribution in [3.63, 3.8) is 0 Å². The highest BCUT2D eigenvalue weighted by Gasteiger charge is 2.43. The van der Waals surface area contributed by atoms with Crippen molar-refractivity contribution in [3.8, 4) is 11.1 Å². The lowest BCUT2D eigenvalue weighted by Gasteiger charge is -2.37. The first kappa shape index (κ1) is 15.8. The molecule has 2 aromatic rings. The summed E-state index contributed by atoms with van der Waals surface area (Å²) in [6, 6.07) is 17.5. The molecule has 0 radical (unpaired) electrons. The van der Waals surface area contributed by atoms with E-state index in [1.807, 2.05) is 54.6 Å². The van der Waals surface area contributed by atoms with Crippen LogP contribution in [0.15, 0.2) is 54.6 Å². The third kappa shape index (κ3) is 3.30. The molecule has 0 unspecified atom stereocenters. The van der Waals surface area contributed by atoms with E-state index in [4.69, 9.17) is 0 Å². The van der Waals surface area contributed by atoms with Crippen molar-refractivity contribution >= 4 is 5.97 Å². The van der Waals surface area contributed by atoms with Crippen LogP contribution < -0.4 is 0 Å². The molecule has 1 aliphatic rings. The van der Waals surface area contributed by atoms with E-state index in [0.29, 0.717) is 18.4 Å². The normalized spacial score (nSPS) is 18.3. The molecular formula is C20H22O3. The summed E-state index contributed by atoms with van der Waals surface area (Å²) in [5.74, 6) is -1.80. The second kappa shape index (κ2) is 6.55. The largest absolute Gasteiger partial charge is 0.481 e. The number of hydrogen-bond donors (Lipinski definition) is 2. The van der Waals surface area contributed by atoms with E-state index in [1.165, 1.54) is 0 Å². The Kier molecular flexibility index (Phi) is 4.49. The summed E-state index contributed by atoms with van der Waals surface area (Å²) in [6.45, 7) is 0. The first-order valence-corrected chi connectivity index (χ1v) is 8.21. The van der Waals surface area contributed by atoms with Gasteiger partial charge in [0.15, 0.2) is 0 Å².